The average molecular weight is 347 g/mol. The highest BCUT2D eigenvalue weighted by Gasteiger charge is 2.26. The van der Waals surface area contributed by atoms with Crippen LogP contribution in [-0.2, 0) is 10.0 Å². The zero-order valence-electron chi connectivity index (χ0n) is 13.7. The second-order valence-corrected chi connectivity index (χ2v) is 7.70. The third-order valence-electron chi connectivity index (χ3n) is 3.76. The van der Waals surface area contributed by atoms with Crippen LogP contribution >= 0.6 is 0 Å². The normalized spacial score (nSPS) is 17.2. The molecule has 1 heterocycles. The number of fused-ring (bicyclic) bond motifs is 1. The minimum Gasteiger partial charge on any atom is -0.493 e. The van der Waals surface area contributed by atoms with Gasteiger partial charge in [-0.2, -0.15) is 0 Å². The Hall–Kier alpha value is -2.05. The van der Waals surface area contributed by atoms with Crippen molar-refractivity contribution in [1.29, 1.82) is 0 Å². The molecule has 0 fully saturated rings. The summed E-state index contributed by atoms with van der Waals surface area (Å²) in [5.41, 5.74) is 0.868. The number of rotatable bonds is 5. The van der Waals surface area contributed by atoms with Gasteiger partial charge in [0.25, 0.3) is 0 Å². The van der Waals surface area contributed by atoms with Gasteiger partial charge < -0.3 is 9.47 Å². The van der Waals surface area contributed by atoms with Gasteiger partial charge in [0.2, 0.25) is 10.0 Å². The molecule has 5 nitrogen and oxygen atoms in total. The van der Waals surface area contributed by atoms with Crippen molar-refractivity contribution in [2.45, 2.75) is 37.3 Å². The maximum atomic E-state index is 12.7. The van der Waals surface area contributed by atoms with E-state index >= 15 is 0 Å². The van der Waals surface area contributed by atoms with Crippen molar-refractivity contribution in [3.63, 3.8) is 0 Å². The van der Waals surface area contributed by atoms with Crippen LogP contribution in [0.1, 0.15) is 31.9 Å². The molecule has 24 heavy (non-hydrogen) atoms. The smallest absolute Gasteiger partial charge is 0.241 e. The molecule has 1 unspecified atom stereocenters. The van der Waals surface area contributed by atoms with Crippen LogP contribution in [0.4, 0.5) is 0 Å². The quantitative estimate of drug-likeness (QED) is 0.901. The molecule has 1 atom stereocenters. The Labute approximate surface area is 142 Å². The van der Waals surface area contributed by atoms with Crippen molar-refractivity contribution in [2.75, 3.05) is 6.61 Å². The van der Waals surface area contributed by atoms with Crippen molar-refractivity contribution in [2.24, 2.45) is 0 Å². The van der Waals surface area contributed by atoms with Gasteiger partial charge in [-0.15, -0.1) is 0 Å². The molecule has 0 radical (unpaired) electrons. The van der Waals surface area contributed by atoms with E-state index in [0.29, 0.717) is 18.8 Å². The molecule has 2 aromatic rings. The van der Waals surface area contributed by atoms with Crippen LogP contribution in [-0.4, -0.2) is 21.1 Å². The van der Waals surface area contributed by atoms with Crippen molar-refractivity contribution in [1.82, 2.24) is 4.72 Å². The van der Waals surface area contributed by atoms with Crippen molar-refractivity contribution in [3.05, 3.63) is 54.1 Å². The topological polar surface area (TPSA) is 64.6 Å². The monoisotopic (exact) mass is 347 g/mol. The minimum atomic E-state index is -3.61. The summed E-state index contributed by atoms with van der Waals surface area (Å²) in [6.45, 7) is 4.34. The largest absolute Gasteiger partial charge is 0.493 e. The van der Waals surface area contributed by atoms with Crippen molar-refractivity contribution >= 4 is 10.0 Å². The maximum Gasteiger partial charge on any atom is 0.241 e. The standard InChI is InChI=1S/C18H21NO4S/c1-13(2)23-14-7-9-15(10-8-14)24(20,21)19-17-11-12-22-18-6-4-3-5-16(17)18/h3-10,13,17,19H,11-12H2,1-2H3. The van der Waals surface area contributed by atoms with Crippen molar-refractivity contribution in [3.8, 4) is 11.5 Å². The minimum absolute atomic E-state index is 0.0457. The summed E-state index contributed by atoms with van der Waals surface area (Å²) in [7, 11) is -3.61. The Bertz CT molecular complexity index is 800. The molecule has 0 saturated carbocycles. The molecule has 0 saturated heterocycles. The van der Waals surface area contributed by atoms with Crippen LogP contribution in [0.25, 0.3) is 0 Å². The summed E-state index contributed by atoms with van der Waals surface area (Å²) in [6, 6.07) is 13.7. The highest BCUT2D eigenvalue weighted by molar-refractivity contribution is 7.89. The summed E-state index contributed by atoms with van der Waals surface area (Å²) in [5.74, 6) is 1.39. The third-order valence-corrected chi connectivity index (χ3v) is 5.25. The molecular formula is C18H21NO4S. The fourth-order valence-electron chi connectivity index (χ4n) is 2.69. The predicted octanol–water partition coefficient (Wildman–Crippen LogP) is 3.28. The Morgan fingerprint density at radius 2 is 1.83 bits per heavy atom. The zero-order valence-corrected chi connectivity index (χ0v) is 14.5. The number of hydrogen-bond donors (Lipinski definition) is 1. The number of benzene rings is 2. The second-order valence-electron chi connectivity index (χ2n) is 5.99. The van der Waals surface area contributed by atoms with E-state index in [0.717, 1.165) is 11.3 Å². The lowest BCUT2D eigenvalue weighted by Crippen LogP contribution is -2.32. The van der Waals surface area contributed by atoms with Gasteiger partial charge in [0.15, 0.2) is 0 Å². The van der Waals surface area contributed by atoms with Crippen molar-refractivity contribution < 1.29 is 17.9 Å². The Kier molecular flexibility index (Phi) is 4.78. The van der Waals surface area contributed by atoms with Gasteiger partial charge in [0.05, 0.1) is 23.6 Å². The predicted molar refractivity (Wildman–Crippen MR) is 91.8 cm³/mol. The Balaban J connectivity index is 1.80. The van der Waals surface area contributed by atoms with E-state index in [-0.39, 0.29) is 17.0 Å². The molecule has 2 aromatic carbocycles. The Morgan fingerprint density at radius 3 is 2.54 bits per heavy atom. The molecule has 1 aliphatic rings. The van der Waals surface area contributed by atoms with E-state index in [1.165, 1.54) is 0 Å². The first-order valence-electron chi connectivity index (χ1n) is 7.96. The van der Waals surface area contributed by atoms with E-state index in [2.05, 4.69) is 4.72 Å². The summed E-state index contributed by atoms with van der Waals surface area (Å²) < 4.78 is 39.2. The summed E-state index contributed by atoms with van der Waals surface area (Å²) in [5, 5.41) is 0. The van der Waals surface area contributed by atoms with Gasteiger partial charge in [-0.3, -0.25) is 0 Å². The number of hydrogen-bond acceptors (Lipinski definition) is 4. The first-order valence-corrected chi connectivity index (χ1v) is 9.45. The first-order chi connectivity index (χ1) is 11.5. The van der Waals surface area contributed by atoms with Gasteiger partial charge in [-0.05, 0) is 44.2 Å². The maximum absolute atomic E-state index is 12.7. The van der Waals surface area contributed by atoms with Gasteiger partial charge >= 0.3 is 0 Å². The fraction of sp³-hybridized carbons (Fsp3) is 0.333. The number of ether oxygens (including phenoxy) is 2. The molecule has 1 N–H and O–H groups in total. The Morgan fingerprint density at radius 1 is 1.12 bits per heavy atom. The van der Waals surface area contributed by atoms with Crippen LogP contribution in [0.2, 0.25) is 0 Å². The molecule has 0 amide bonds. The lowest BCUT2D eigenvalue weighted by atomic mass is 10.0. The van der Waals surface area contributed by atoms with Crippen LogP contribution in [0, 0.1) is 0 Å². The second kappa shape index (κ2) is 6.83. The highest BCUT2D eigenvalue weighted by Crippen LogP contribution is 2.32. The molecule has 3 rings (SSSR count). The molecule has 128 valence electrons. The lowest BCUT2D eigenvalue weighted by molar-refractivity contribution is 0.242. The number of para-hydroxylation sites is 1. The molecule has 1 aliphatic heterocycles. The van der Waals surface area contributed by atoms with Gasteiger partial charge in [-0.25, -0.2) is 13.1 Å². The molecule has 0 aromatic heterocycles. The summed E-state index contributed by atoms with van der Waals surface area (Å²) in [6.07, 6.45) is 0.648. The van der Waals surface area contributed by atoms with Crippen LogP contribution in [0.5, 0.6) is 11.5 Å². The van der Waals surface area contributed by atoms with E-state index < -0.39 is 10.0 Å². The SMILES string of the molecule is CC(C)Oc1ccc(S(=O)(=O)NC2CCOc3ccccc32)cc1. The van der Waals surface area contributed by atoms with Crippen LogP contribution in [0.3, 0.4) is 0 Å². The number of nitrogens with one attached hydrogen (secondary N) is 1. The molecular weight excluding hydrogens is 326 g/mol. The fourth-order valence-corrected chi connectivity index (χ4v) is 3.94. The molecule has 0 aliphatic carbocycles. The zero-order chi connectivity index (χ0) is 17.2. The lowest BCUT2D eigenvalue weighted by Gasteiger charge is -2.26. The van der Waals surface area contributed by atoms with E-state index in [4.69, 9.17) is 9.47 Å². The van der Waals surface area contributed by atoms with E-state index in [9.17, 15) is 8.42 Å². The molecule has 0 spiro atoms. The van der Waals surface area contributed by atoms with E-state index in [1.54, 1.807) is 24.3 Å². The van der Waals surface area contributed by atoms with Gasteiger partial charge in [0, 0.05) is 12.0 Å². The average Bonchev–Trinajstić information content (AvgIpc) is 2.55. The number of sulfonamides is 1. The summed E-state index contributed by atoms with van der Waals surface area (Å²) >= 11 is 0. The summed E-state index contributed by atoms with van der Waals surface area (Å²) in [4.78, 5) is 0.225. The van der Waals surface area contributed by atoms with Gasteiger partial charge in [-0.1, -0.05) is 18.2 Å². The first kappa shape index (κ1) is 16.8. The van der Waals surface area contributed by atoms with Crippen LogP contribution in [0.15, 0.2) is 53.4 Å². The van der Waals surface area contributed by atoms with Gasteiger partial charge in [0.1, 0.15) is 11.5 Å². The molecule has 0 bridgehead atoms. The highest BCUT2D eigenvalue weighted by atomic mass is 32.2. The van der Waals surface area contributed by atoms with E-state index in [1.807, 2.05) is 38.1 Å². The molecule has 6 heteroatoms. The third kappa shape index (κ3) is 3.71. The van der Waals surface area contributed by atoms with Crippen LogP contribution < -0.4 is 14.2 Å².